The zero-order chi connectivity index (χ0) is 14.3. The lowest BCUT2D eigenvalue weighted by molar-refractivity contribution is 0.159. The highest BCUT2D eigenvalue weighted by Crippen LogP contribution is 2.23. The fourth-order valence-electron chi connectivity index (χ4n) is 2.62. The van der Waals surface area contributed by atoms with Gasteiger partial charge in [0.05, 0.1) is 0 Å². The van der Waals surface area contributed by atoms with E-state index in [1.54, 1.807) is 0 Å². The number of hydrogen-bond acceptors (Lipinski definition) is 3. The Labute approximate surface area is 117 Å². The molecule has 1 fully saturated rings. The van der Waals surface area contributed by atoms with E-state index in [0.29, 0.717) is 0 Å². The summed E-state index contributed by atoms with van der Waals surface area (Å²) >= 11 is 0. The third-order valence-corrected chi connectivity index (χ3v) is 3.93. The predicted molar refractivity (Wildman–Crippen MR) is 79.4 cm³/mol. The van der Waals surface area contributed by atoms with E-state index in [1.807, 2.05) is 4.90 Å². The van der Waals surface area contributed by atoms with Crippen LogP contribution in [-0.4, -0.2) is 56.2 Å². The summed E-state index contributed by atoms with van der Waals surface area (Å²) in [5, 5.41) is 9.87. The van der Waals surface area contributed by atoms with Crippen molar-refractivity contribution in [3.63, 3.8) is 0 Å². The number of hydrogen-bond donors (Lipinski definition) is 3. The Balaban J connectivity index is 2.68. The number of urea groups is 1. The van der Waals surface area contributed by atoms with Crippen LogP contribution in [0.3, 0.4) is 0 Å². The Kier molecular flexibility index (Phi) is 6.58. The van der Waals surface area contributed by atoms with Gasteiger partial charge < -0.3 is 20.9 Å². The smallest absolute Gasteiger partial charge is 0.317 e. The molecule has 0 saturated carbocycles. The van der Waals surface area contributed by atoms with Crippen LogP contribution in [-0.2, 0) is 0 Å². The summed E-state index contributed by atoms with van der Waals surface area (Å²) in [6.07, 6.45) is 1.06. The molecule has 1 atom stereocenters. The summed E-state index contributed by atoms with van der Waals surface area (Å²) in [4.78, 5) is 13.9. The van der Waals surface area contributed by atoms with Gasteiger partial charge in [0.2, 0.25) is 0 Å². The van der Waals surface area contributed by atoms with Crippen molar-refractivity contribution in [2.24, 2.45) is 5.41 Å². The number of nitrogens with zero attached hydrogens (tertiary/aromatic N) is 1. The normalized spacial score (nSPS) is 19.9. The second-order valence-electron chi connectivity index (χ2n) is 5.65. The lowest BCUT2D eigenvalue weighted by Crippen LogP contribution is -2.50. The molecule has 1 saturated heterocycles. The van der Waals surface area contributed by atoms with Crippen LogP contribution >= 0.6 is 0 Å². The first kappa shape index (κ1) is 16.2. The Bertz CT molecular complexity index is 275. The maximum absolute atomic E-state index is 11.9. The van der Waals surface area contributed by atoms with Crippen molar-refractivity contribution in [2.75, 3.05) is 39.3 Å². The maximum Gasteiger partial charge on any atom is 0.317 e. The Hall–Kier alpha value is -0.810. The van der Waals surface area contributed by atoms with Crippen molar-refractivity contribution in [3.8, 4) is 0 Å². The van der Waals surface area contributed by atoms with E-state index < -0.39 is 0 Å². The zero-order valence-corrected chi connectivity index (χ0v) is 12.9. The molecule has 0 spiro atoms. The van der Waals surface area contributed by atoms with Crippen LogP contribution in [0.25, 0.3) is 0 Å². The summed E-state index contributed by atoms with van der Waals surface area (Å²) in [7, 11) is 0. The molecule has 0 radical (unpaired) electrons. The summed E-state index contributed by atoms with van der Waals surface area (Å²) < 4.78 is 0. The second kappa shape index (κ2) is 7.70. The monoisotopic (exact) mass is 270 g/mol. The van der Waals surface area contributed by atoms with E-state index in [9.17, 15) is 4.79 Å². The average molecular weight is 270 g/mol. The average Bonchev–Trinajstić information content (AvgIpc) is 2.71. The van der Waals surface area contributed by atoms with Crippen molar-refractivity contribution in [3.05, 3.63) is 0 Å². The number of amides is 2. The minimum Gasteiger partial charge on any atom is -0.334 e. The van der Waals surface area contributed by atoms with Crippen LogP contribution in [0.5, 0.6) is 0 Å². The molecule has 2 amide bonds. The van der Waals surface area contributed by atoms with Crippen molar-refractivity contribution in [2.45, 2.75) is 40.2 Å². The molecule has 1 aliphatic heterocycles. The number of carbonyl (C=O) groups is 1. The van der Waals surface area contributed by atoms with E-state index in [2.05, 4.69) is 43.6 Å². The molecular weight excluding hydrogens is 240 g/mol. The summed E-state index contributed by atoms with van der Waals surface area (Å²) in [6, 6.07) is 0.346. The zero-order valence-electron chi connectivity index (χ0n) is 12.9. The quantitative estimate of drug-likeness (QED) is 0.586. The molecule has 0 aromatic carbocycles. The Morgan fingerprint density at radius 1 is 1.26 bits per heavy atom. The maximum atomic E-state index is 11.9. The standard InChI is InChI=1S/C14H30N4O/c1-5-14(9-15-6-2,10-16-7-3)11-18-8-12(4)17-13(18)19/h12,15-16H,5-11H2,1-4H3,(H,17,19). The van der Waals surface area contributed by atoms with Crippen LogP contribution in [0.2, 0.25) is 0 Å². The Morgan fingerprint density at radius 2 is 1.84 bits per heavy atom. The summed E-state index contributed by atoms with van der Waals surface area (Å²) in [5.74, 6) is 0. The predicted octanol–water partition coefficient (Wildman–Crippen LogP) is 1.02. The van der Waals surface area contributed by atoms with Gasteiger partial charge in [-0.15, -0.1) is 0 Å². The lowest BCUT2D eigenvalue weighted by Gasteiger charge is -2.36. The first-order valence-electron chi connectivity index (χ1n) is 7.53. The first-order chi connectivity index (χ1) is 9.06. The third kappa shape index (κ3) is 4.66. The van der Waals surface area contributed by atoms with Gasteiger partial charge >= 0.3 is 6.03 Å². The van der Waals surface area contributed by atoms with Crippen LogP contribution in [0.15, 0.2) is 0 Å². The van der Waals surface area contributed by atoms with E-state index in [0.717, 1.165) is 45.7 Å². The lowest BCUT2D eigenvalue weighted by atomic mass is 9.84. The molecule has 1 aliphatic rings. The largest absolute Gasteiger partial charge is 0.334 e. The molecule has 0 bridgehead atoms. The first-order valence-corrected chi connectivity index (χ1v) is 7.53. The minimum absolute atomic E-state index is 0.0818. The van der Waals surface area contributed by atoms with Gasteiger partial charge in [-0.2, -0.15) is 0 Å². The molecule has 112 valence electrons. The number of nitrogens with one attached hydrogen (secondary N) is 3. The molecule has 5 heteroatoms. The van der Waals surface area contributed by atoms with E-state index >= 15 is 0 Å². The highest BCUT2D eigenvalue weighted by atomic mass is 16.2. The molecular formula is C14H30N4O. The molecule has 0 aromatic heterocycles. The van der Waals surface area contributed by atoms with Crippen molar-refractivity contribution in [1.82, 2.24) is 20.9 Å². The molecule has 1 rings (SSSR count). The molecule has 0 aliphatic carbocycles. The van der Waals surface area contributed by atoms with Crippen molar-refractivity contribution >= 4 is 6.03 Å². The van der Waals surface area contributed by atoms with Crippen LogP contribution in [0.1, 0.15) is 34.1 Å². The van der Waals surface area contributed by atoms with Crippen LogP contribution < -0.4 is 16.0 Å². The minimum atomic E-state index is 0.0818. The van der Waals surface area contributed by atoms with Gasteiger partial charge in [-0.1, -0.05) is 20.8 Å². The SMILES string of the molecule is CCNCC(CC)(CNCC)CN1CC(C)NC1=O. The summed E-state index contributed by atoms with van der Waals surface area (Å²) in [6.45, 7) is 14.0. The molecule has 3 N–H and O–H groups in total. The van der Waals surface area contributed by atoms with E-state index in [-0.39, 0.29) is 17.5 Å². The topological polar surface area (TPSA) is 56.4 Å². The number of carbonyl (C=O) groups excluding carboxylic acids is 1. The molecule has 1 heterocycles. The van der Waals surface area contributed by atoms with Gasteiger partial charge in [0.1, 0.15) is 0 Å². The fourth-order valence-corrected chi connectivity index (χ4v) is 2.62. The highest BCUT2D eigenvalue weighted by Gasteiger charge is 2.35. The van der Waals surface area contributed by atoms with E-state index in [1.165, 1.54) is 0 Å². The molecule has 5 nitrogen and oxygen atoms in total. The van der Waals surface area contributed by atoms with Gasteiger partial charge in [0, 0.05) is 37.6 Å². The van der Waals surface area contributed by atoms with Crippen LogP contribution in [0, 0.1) is 5.41 Å². The van der Waals surface area contributed by atoms with Gasteiger partial charge in [0.25, 0.3) is 0 Å². The highest BCUT2D eigenvalue weighted by molar-refractivity contribution is 5.76. The van der Waals surface area contributed by atoms with Crippen LogP contribution in [0.4, 0.5) is 4.79 Å². The van der Waals surface area contributed by atoms with Gasteiger partial charge in [0.15, 0.2) is 0 Å². The fraction of sp³-hybridized carbons (Fsp3) is 0.929. The third-order valence-electron chi connectivity index (χ3n) is 3.93. The molecule has 19 heavy (non-hydrogen) atoms. The molecule has 1 unspecified atom stereocenters. The van der Waals surface area contributed by atoms with Gasteiger partial charge in [-0.05, 0) is 26.4 Å². The van der Waals surface area contributed by atoms with Gasteiger partial charge in [-0.3, -0.25) is 0 Å². The second-order valence-corrected chi connectivity index (χ2v) is 5.65. The van der Waals surface area contributed by atoms with Crippen molar-refractivity contribution in [1.29, 1.82) is 0 Å². The summed E-state index contributed by atoms with van der Waals surface area (Å²) in [5.41, 5.74) is 0.118. The van der Waals surface area contributed by atoms with Crippen molar-refractivity contribution < 1.29 is 4.79 Å². The molecule has 0 aromatic rings. The Morgan fingerprint density at radius 3 is 2.21 bits per heavy atom. The van der Waals surface area contributed by atoms with Gasteiger partial charge in [-0.25, -0.2) is 4.79 Å². The van der Waals surface area contributed by atoms with E-state index in [4.69, 9.17) is 0 Å². The number of rotatable bonds is 9.